The molecule has 2 N–H and O–H groups in total. The third-order valence-electron chi connectivity index (χ3n) is 2.34. The molecule has 4 nitrogen and oxygen atoms in total. The number of anilines is 1. The molecule has 4 heteroatoms. The van der Waals surface area contributed by atoms with Crippen molar-refractivity contribution in [2.75, 3.05) is 19.0 Å². The molecule has 1 aromatic carbocycles. The number of rotatable bonds is 1. The van der Waals surface area contributed by atoms with Gasteiger partial charge in [0, 0.05) is 24.2 Å². The Hall–Kier alpha value is -1.71. The maximum Gasteiger partial charge on any atom is 0.119 e. The largest absolute Gasteiger partial charge is 0.497 e. The van der Waals surface area contributed by atoms with Gasteiger partial charge in [0.15, 0.2) is 0 Å². The van der Waals surface area contributed by atoms with Crippen LogP contribution in [0.4, 0.5) is 5.69 Å². The second-order valence-corrected chi connectivity index (χ2v) is 3.13. The van der Waals surface area contributed by atoms with Gasteiger partial charge in [-0.2, -0.15) is 0 Å². The Kier molecular flexibility index (Phi) is 2.26. The molecule has 0 saturated heterocycles. The molecule has 0 unspecified atom stereocenters. The second kappa shape index (κ2) is 3.57. The minimum atomic E-state index is 0.706. The number of nitrogens with zero attached hydrogens (tertiary/aromatic N) is 1. The van der Waals surface area contributed by atoms with Crippen LogP contribution in [0.5, 0.6) is 5.75 Å². The fourth-order valence-corrected chi connectivity index (χ4v) is 1.60. The second-order valence-electron chi connectivity index (χ2n) is 3.13. The number of methoxy groups -OCH3 is 1. The van der Waals surface area contributed by atoms with Crippen molar-refractivity contribution in [1.82, 2.24) is 0 Å². The molecule has 2 rings (SSSR count). The Balaban J connectivity index is 2.49. The summed E-state index contributed by atoms with van der Waals surface area (Å²) in [5, 5.41) is 15.3. The fraction of sp³-hybridized carbons (Fsp3) is 0.300. The predicted molar refractivity (Wildman–Crippen MR) is 54.4 cm³/mol. The third kappa shape index (κ3) is 1.39. The summed E-state index contributed by atoms with van der Waals surface area (Å²) in [4.78, 5) is 0. The van der Waals surface area contributed by atoms with Gasteiger partial charge in [0.25, 0.3) is 0 Å². The molecule has 74 valence electrons. The quantitative estimate of drug-likeness (QED) is 0.526. The predicted octanol–water partition coefficient (Wildman–Crippen LogP) is 1.69. The van der Waals surface area contributed by atoms with Crippen molar-refractivity contribution >= 4 is 11.4 Å². The minimum absolute atomic E-state index is 0.706. The lowest BCUT2D eigenvalue weighted by atomic mass is 10.0. The zero-order valence-electron chi connectivity index (χ0n) is 7.95. The highest BCUT2D eigenvalue weighted by Crippen LogP contribution is 2.26. The van der Waals surface area contributed by atoms with Crippen LogP contribution >= 0.6 is 0 Å². The van der Waals surface area contributed by atoms with E-state index in [-0.39, 0.29) is 0 Å². The van der Waals surface area contributed by atoms with Gasteiger partial charge in [-0.3, -0.25) is 0 Å². The lowest BCUT2D eigenvalue weighted by molar-refractivity contribution is 0.318. The van der Waals surface area contributed by atoms with E-state index in [0.29, 0.717) is 5.71 Å². The molecule has 0 aliphatic carbocycles. The molecule has 1 aliphatic rings. The van der Waals surface area contributed by atoms with Gasteiger partial charge < -0.3 is 15.3 Å². The summed E-state index contributed by atoms with van der Waals surface area (Å²) in [6.07, 6.45) is 0.733. The van der Waals surface area contributed by atoms with Gasteiger partial charge in [-0.15, -0.1) is 0 Å². The van der Waals surface area contributed by atoms with Crippen LogP contribution in [0.3, 0.4) is 0 Å². The van der Waals surface area contributed by atoms with E-state index in [4.69, 9.17) is 9.94 Å². The maximum atomic E-state index is 8.82. The van der Waals surface area contributed by atoms with Crippen LogP contribution < -0.4 is 10.1 Å². The molecule has 0 spiro atoms. The van der Waals surface area contributed by atoms with E-state index < -0.39 is 0 Å². The molecule has 0 saturated carbocycles. The zero-order chi connectivity index (χ0) is 9.97. The van der Waals surface area contributed by atoms with Gasteiger partial charge in [0.1, 0.15) is 5.75 Å². The van der Waals surface area contributed by atoms with E-state index in [1.807, 2.05) is 18.2 Å². The summed E-state index contributed by atoms with van der Waals surface area (Å²) in [6.45, 7) is 0.804. The van der Waals surface area contributed by atoms with Gasteiger partial charge in [0.05, 0.1) is 12.8 Å². The van der Waals surface area contributed by atoms with E-state index in [1.54, 1.807) is 7.11 Å². The van der Waals surface area contributed by atoms with E-state index >= 15 is 0 Å². The van der Waals surface area contributed by atoms with Crippen molar-refractivity contribution in [2.24, 2.45) is 5.16 Å². The van der Waals surface area contributed by atoms with Crippen molar-refractivity contribution in [3.05, 3.63) is 23.8 Å². The molecule has 0 aromatic heterocycles. The molecule has 14 heavy (non-hydrogen) atoms. The molecular weight excluding hydrogens is 180 g/mol. The van der Waals surface area contributed by atoms with E-state index in [0.717, 1.165) is 30.0 Å². The van der Waals surface area contributed by atoms with Gasteiger partial charge in [-0.25, -0.2) is 0 Å². The van der Waals surface area contributed by atoms with Gasteiger partial charge in [-0.05, 0) is 18.2 Å². The molecule has 0 amide bonds. The SMILES string of the molecule is COc1ccc2c(c1)/C(=N/O)CCN2. The highest BCUT2D eigenvalue weighted by atomic mass is 16.5. The average Bonchev–Trinajstić information content (AvgIpc) is 2.27. The van der Waals surface area contributed by atoms with Crippen LogP contribution in [-0.4, -0.2) is 24.6 Å². The highest BCUT2D eigenvalue weighted by Gasteiger charge is 2.15. The number of benzene rings is 1. The highest BCUT2D eigenvalue weighted by molar-refractivity contribution is 6.06. The standard InChI is InChI=1S/C10H12N2O2/c1-14-7-2-3-9-8(6-7)10(12-13)4-5-11-9/h2-3,6,11,13H,4-5H2,1H3/b12-10+. The minimum Gasteiger partial charge on any atom is -0.497 e. The Labute approximate surface area is 82.2 Å². The van der Waals surface area contributed by atoms with Gasteiger partial charge in [0.2, 0.25) is 0 Å². The summed E-state index contributed by atoms with van der Waals surface area (Å²) < 4.78 is 5.11. The molecule has 0 bridgehead atoms. The van der Waals surface area contributed by atoms with Crippen molar-refractivity contribution in [2.45, 2.75) is 6.42 Å². The van der Waals surface area contributed by atoms with Crippen LogP contribution in [0.15, 0.2) is 23.4 Å². The molecule has 1 heterocycles. The first-order valence-corrected chi connectivity index (χ1v) is 4.48. The van der Waals surface area contributed by atoms with Crippen LogP contribution in [0.25, 0.3) is 0 Å². The normalized spacial score (nSPS) is 17.4. The maximum absolute atomic E-state index is 8.82. The van der Waals surface area contributed by atoms with Gasteiger partial charge >= 0.3 is 0 Å². The Morgan fingerprint density at radius 3 is 3.07 bits per heavy atom. The summed E-state index contributed by atoms with van der Waals surface area (Å²) >= 11 is 0. The van der Waals surface area contributed by atoms with Crippen molar-refractivity contribution in [3.63, 3.8) is 0 Å². The van der Waals surface area contributed by atoms with Crippen molar-refractivity contribution < 1.29 is 9.94 Å². The lowest BCUT2D eigenvalue weighted by Crippen LogP contribution is -2.18. The topological polar surface area (TPSA) is 53.9 Å². The van der Waals surface area contributed by atoms with Crippen LogP contribution in [-0.2, 0) is 0 Å². The number of hydrogen-bond acceptors (Lipinski definition) is 4. The van der Waals surface area contributed by atoms with Crippen LogP contribution in [0.2, 0.25) is 0 Å². The molecular formula is C10H12N2O2. The lowest BCUT2D eigenvalue weighted by Gasteiger charge is -2.19. The van der Waals surface area contributed by atoms with E-state index in [9.17, 15) is 0 Å². The van der Waals surface area contributed by atoms with Crippen molar-refractivity contribution in [3.8, 4) is 5.75 Å². The summed E-state index contributed by atoms with van der Waals surface area (Å²) in [6, 6.07) is 5.68. The monoisotopic (exact) mass is 192 g/mol. The summed E-state index contributed by atoms with van der Waals surface area (Å²) in [5.74, 6) is 0.772. The number of oxime groups is 1. The van der Waals surface area contributed by atoms with Crippen LogP contribution in [0, 0.1) is 0 Å². The smallest absolute Gasteiger partial charge is 0.119 e. The fourth-order valence-electron chi connectivity index (χ4n) is 1.60. The van der Waals surface area contributed by atoms with Crippen molar-refractivity contribution in [1.29, 1.82) is 0 Å². The first kappa shape index (κ1) is 8.87. The molecule has 0 fully saturated rings. The molecule has 1 aromatic rings. The average molecular weight is 192 g/mol. The van der Waals surface area contributed by atoms with Crippen LogP contribution in [0.1, 0.15) is 12.0 Å². The Morgan fingerprint density at radius 2 is 2.36 bits per heavy atom. The molecule has 1 aliphatic heterocycles. The Morgan fingerprint density at radius 1 is 1.50 bits per heavy atom. The van der Waals surface area contributed by atoms with E-state index in [2.05, 4.69) is 10.5 Å². The third-order valence-corrected chi connectivity index (χ3v) is 2.34. The first-order valence-electron chi connectivity index (χ1n) is 4.48. The summed E-state index contributed by atoms with van der Waals surface area (Å²) in [5.41, 5.74) is 2.61. The Bertz CT molecular complexity index is 374. The molecule has 0 radical (unpaired) electrons. The van der Waals surface area contributed by atoms with E-state index in [1.165, 1.54) is 0 Å². The number of hydrogen-bond donors (Lipinski definition) is 2. The first-order chi connectivity index (χ1) is 6.85. The zero-order valence-corrected chi connectivity index (χ0v) is 7.95. The molecule has 0 atom stereocenters. The number of fused-ring (bicyclic) bond motifs is 1. The summed E-state index contributed by atoms with van der Waals surface area (Å²) in [7, 11) is 1.62. The number of ether oxygens (including phenoxy) is 1. The van der Waals surface area contributed by atoms with Gasteiger partial charge in [-0.1, -0.05) is 5.16 Å². The number of nitrogens with one attached hydrogen (secondary N) is 1.